The second-order valence-corrected chi connectivity index (χ2v) is 20.6. The van der Waals surface area contributed by atoms with Gasteiger partial charge in [0.2, 0.25) is 0 Å². The van der Waals surface area contributed by atoms with Crippen LogP contribution in [0.15, 0.2) is 140 Å². The molecule has 0 radical (unpaired) electrons. The van der Waals surface area contributed by atoms with E-state index >= 15 is 4.79 Å². The van der Waals surface area contributed by atoms with Crippen LogP contribution in [0.2, 0.25) is 18.6 Å². The Morgan fingerprint density at radius 1 is 0.931 bits per heavy atom. The van der Waals surface area contributed by atoms with Crippen LogP contribution in [-0.4, -0.2) is 59.8 Å². The Morgan fingerprint density at radius 2 is 1.60 bits per heavy atom. The van der Waals surface area contributed by atoms with Gasteiger partial charge in [-0.05, 0) is 65.6 Å². The summed E-state index contributed by atoms with van der Waals surface area (Å²) in [7, 11) is -0.763. The van der Waals surface area contributed by atoms with Crippen molar-refractivity contribution in [2.24, 2.45) is 5.92 Å². The first-order chi connectivity index (χ1) is 28.1. The predicted octanol–water partition coefficient (Wildman–Crippen LogP) is 7.52. The zero-order valence-electron chi connectivity index (χ0n) is 33.3. The van der Waals surface area contributed by atoms with Gasteiger partial charge < -0.3 is 24.8 Å². The first kappa shape index (κ1) is 39.0. The first-order valence-corrected chi connectivity index (χ1v) is 23.0. The molecule has 0 saturated carbocycles. The van der Waals surface area contributed by atoms with Gasteiger partial charge in [-0.2, -0.15) is 0 Å². The molecule has 5 atom stereocenters. The fourth-order valence-electron chi connectivity index (χ4n) is 9.27. The predicted molar refractivity (Wildman–Crippen MR) is 228 cm³/mol. The lowest BCUT2D eigenvalue weighted by atomic mass is 9.82. The summed E-state index contributed by atoms with van der Waals surface area (Å²) in [5.41, 5.74) is 4.02. The molecule has 2 N–H and O–H groups in total. The number of carbonyl (C=O) groups excluding carboxylic acids is 2. The lowest BCUT2D eigenvalue weighted by Gasteiger charge is -2.37. The number of aliphatic hydroxyl groups is 1. The van der Waals surface area contributed by atoms with Crippen molar-refractivity contribution in [3.05, 3.63) is 168 Å². The summed E-state index contributed by atoms with van der Waals surface area (Å²) in [6, 6.07) is 43.0. The van der Waals surface area contributed by atoms with Crippen molar-refractivity contribution in [3.8, 4) is 5.75 Å². The first-order valence-electron chi connectivity index (χ1n) is 19.9. The Bertz CT molecular complexity index is 2370. The van der Waals surface area contributed by atoms with Crippen LogP contribution in [0.3, 0.4) is 0 Å². The number of aromatic nitrogens is 3. The zero-order chi connectivity index (χ0) is 40.4. The van der Waals surface area contributed by atoms with Crippen LogP contribution in [0.1, 0.15) is 52.0 Å². The van der Waals surface area contributed by atoms with Crippen LogP contribution in [0.4, 0.5) is 11.4 Å². The number of aliphatic hydroxyl groups excluding tert-OH is 1. The second kappa shape index (κ2) is 16.2. The Balaban J connectivity index is 1.18. The number of fused-ring (bicyclic) bond motifs is 2. The third kappa shape index (κ3) is 7.14. The normalized spacial score (nSPS) is 20.6. The van der Waals surface area contributed by atoms with Crippen molar-refractivity contribution >= 4 is 36.4 Å². The summed E-state index contributed by atoms with van der Waals surface area (Å²) in [6.45, 7) is 7.69. The molecule has 2 aliphatic rings. The molecule has 1 unspecified atom stereocenters. The molecule has 8 rings (SSSR count). The molecule has 296 valence electrons. The number of aryl methyl sites for hydroxylation is 1. The SMILES string of the molecule is COc1ccc([Si](C)(C)[C@@H]2[C@@H](CCn3cc(C(CO)c4ccccc4)nn3)O[C@]3(C(=O)N(Cc4ccccc4)c4ccc(NC(=O)c5ccccc5)cc43)[C@H]2C)cc1. The number of amides is 2. The topological polar surface area (TPSA) is 119 Å². The molecule has 2 amide bonds. The van der Waals surface area contributed by atoms with E-state index in [9.17, 15) is 9.90 Å². The molecule has 1 spiro atoms. The van der Waals surface area contributed by atoms with Gasteiger partial charge in [0.05, 0.1) is 51.7 Å². The fraction of sp³-hybridized carbons (Fsp3) is 0.277. The van der Waals surface area contributed by atoms with Gasteiger partial charge in [-0.15, -0.1) is 5.10 Å². The molecule has 2 aliphatic heterocycles. The zero-order valence-corrected chi connectivity index (χ0v) is 34.3. The van der Waals surface area contributed by atoms with E-state index in [1.807, 2.05) is 125 Å². The quantitative estimate of drug-likeness (QED) is 0.116. The van der Waals surface area contributed by atoms with Crippen LogP contribution < -0.4 is 20.1 Å². The number of methoxy groups -OCH3 is 1. The molecule has 5 aromatic carbocycles. The van der Waals surface area contributed by atoms with Gasteiger partial charge in [-0.1, -0.05) is 121 Å². The summed E-state index contributed by atoms with van der Waals surface area (Å²) < 4.78 is 14.8. The van der Waals surface area contributed by atoms with Gasteiger partial charge in [-0.3, -0.25) is 14.3 Å². The molecule has 1 fully saturated rings. The van der Waals surface area contributed by atoms with Crippen LogP contribution in [0.25, 0.3) is 0 Å². The Hall–Kier alpha value is -5.88. The van der Waals surface area contributed by atoms with Crippen LogP contribution in [-0.2, 0) is 28.2 Å². The van der Waals surface area contributed by atoms with Crippen molar-refractivity contribution in [2.45, 2.75) is 62.7 Å². The minimum Gasteiger partial charge on any atom is -0.497 e. The highest BCUT2D eigenvalue weighted by molar-refractivity contribution is 6.91. The van der Waals surface area contributed by atoms with Crippen molar-refractivity contribution < 1.29 is 24.2 Å². The molecule has 11 heteroatoms. The van der Waals surface area contributed by atoms with Gasteiger partial charge in [0.25, 0.3) is 11.8 Å². The Morgan fingerprint density at radius 3 is 2.28 bits per heavy atom. The van der Waals surface area contributed by atoms with Crippen molar-refractivity contribution in [1.82, 2.24) is 15.0 Å². The number of carbonyl (C=O) groups is 2. The number of benzene rings is 5. The van der Waals surface area contributed by atoms with Crippen LogP contribution in [0.5, 0.6) is 5.75 Å². The van der Waals surface area contributed by atoms with Crippen molar-refractivity contribution in [3.63, 3.8) is 0 Å². The lowest BCUT2D eigenvalue weighted by Crippen LogP contribution is -2.51. The number of ether oxygens (including phenoxy) is 2. The molecule has 10 nitrogen and oxygen atoms in total. The van der Waals surface area contributed by atoms with E-state index in [2.05, 4.69) is 47.8 Å². The number of nitrogens with one attached hydrogen (secondary N) is 1. The number of nitrogens with zero attached hydrogens (tertiary/aromatic N) is 4. The number of hydrogen-bond donors (Lipinski definition) is 2. The third-order valence-corrected chi connectivity index (χ3v) is 16.6. The van der Waals surface area contributed by atoms with Gasteiger partial charge in [-0.25, -0.2) is 0 Å². The smallest absolute Gasteiger partial charge is 0.264 e. The average molecular weight is 792 g/mol. The number of hydrogen-bond acceptors (Lipinski definition) is 7. The lowest BCUT2D eigenvalue weighted by molar-refractivity contribution is -0.146. The van der Waals surface area contributed by atoms with E-state index in [1.54, 1.807) is 19.2 Å². The van der Waals surface area contributed by atoms with E-state index in [4.69, 9.17) is 9.47 Å². The molecule has 58 heavy (non-hydrogen) atoms. The van der Waals surface area contributed by atoms with Gasteiger partial charge in [0.1, 0.15) is 5.75 Å². The highest BCUT2D eigenvalue weighted by Crippen LogP contribution is 2.60. The standard InChI is InChI=1S/C47H49N5O5Si/c1-32-44(58(3,4)38-23-21-37(56-2)22-24-38)43(26-27-51-30-41(49-50-51)39(31-53)34-16-10-6-11-17-34)57-47(32)40-28-36(48-45(54)35-18-12-7-13-19-35)20-25-42(40)52(46(47)55)29-33-14-8-5-9-15-33/h5-25,28,30,32,39,43-44,53H,26-27,29,31H2,1-4H3,(H,48,54)/t32-,39?,43+,44-,47+/m0/s1. The summed E-state index contributed by atoms with van der Waals surface area (Å²) >= 11 is 0. The summed E-state index contributed by atoms with van der Waals surface area (Å²) in [5, 5.41) is 23.7. The van der Waals surface area contributed by atoms with Crippen molar-refractivity contribution in [1.29, 1.82) is 0 Å². The Labute approximate surface area is 340 Å². The van der Waals surface area contributed by atoms with E-state index < -0.39 is 13.7 Å². The fourth-order valence-corrected chi connectivity index (χ4v) is 13.3. The maximum atomic E-state index is 15.4. The van der Waals surface area contributed by atoms with E-state index in [0.717, 1.165) is 28.1 Å². The average Bonchev–Trinajstić information content (AvgIpc) is 3.91. The molecule has 1 saturated heterocycles. The molecular formula is C47H49N5O5Si. The van der Waals surface area contributed by atoms with E-state index in [0.29, 0.717) is 36.5 Å². The van der Waals surface area contributed by atoms with Gasteiger partial charge in [0.15, 0.2) is 5.60 Å². The van der Waals surface area contributed by atoms with Crippen molar-refractivity contribution in [2.75, 3.05) is 23.9 Å². The maximum Gasteiger partial charge on any atom is 0.264 e. The summed E-state index contributed by atoms with van der Waals surface area (Å²) in [6.07, 6.45) is 2.15. The maximum absolute atomic E-state index is 15.4. The third-order valence-electron chi connectivity index (χ3n) is 12.3. The summed E-state index contributed by atoms with van der Waals surface area (Å²) in [5.74, 6) is -0.0785. The molecule has 6 aromatic rings. The second-order valence-electron chi connectivity index (χ2n) is 15.9. The highest BCUT2D eigenvalue weighted by atomic mass is 28.3. The molecule has 3 heterocycles. The minimum absolute atomic E-state index is 0.00515. The Kier molecular flexibility index (Phi) is 10.9. The monoisotopic (exact) mass is 791 g/mol. The summed E-state index contributed by atoms with van der Waals surface area (Å²) in [4.78, 5) is 30.6. The highest BCUT2D eigenvalue weighted by Gasteiger charge is 2.66. The number of rotatable bonds is 13. The molecule has 0 bridgehead atoms. The van der Waals surface area contributed by atoms with E-state index in [1.165, 1.54) is 5.19 Å². The molecule has 0 aliphatic carbocycles. The molecular weight excluding hydrogens is 743 g/mol. The largest absolute Gasteiger partial charge is 0.497 e. The molecule has 1 aromatic heterocycles. The van der Waals surface area contributed by atoms with Crippen LogP contribution >= 0.6 is 0 Å². The van der Waals surface area contributed by atoms with Gasteiger partial charge in [0, 0.05) is 35.5 Å². The number of anilines is 2. The van der Waals surface area contributed by atoms with Gasteiger partial charge >= 0.3 is 0 Å². The van der Waals surface area contributed by atoms with Crippen LogP contribution in [0, 0.1) is 5.92 Å². The van der Waals surface area contributed by atoms with E-state index in [-0.39, 0.29) is 41.9 Å². The minimum atomic E-state index is -2.43.